The second-order valence-corrected chi connectivity index (χ2v) is 5.37. The van der Waals surface area contributed by atoms with Gasteiger partial charge in [0.15, 0.2) is 0 Å². The number of aromatic nitrogens is 1. The van der Waals surface area contributed by atoms with Crippen LogP contribution in [-0.2, 0) is 9.53 Å². The van der Waals surface area contributed by atoms with Gasteiger partial charge in [-0.2, -0.15) is 0 Å². The van der Waals surface area contributed by atoms with Crippen molar-refractivity contribution in [3.63, 3.8) is 0 Å². The molecule has 2 heterocycles. The van der Waals surface area contributed by atoms with Crippen molar-refractivity contribution in [3.8, 4) is 0 Å². The number of hydrogen-bond donors (Lipinski definition) is 1. The fourth-order valence-corrected chi connectivity index (χ4v) is 2.22. The summed E-state index contributed by atoms with van der Waals surface area (Å²) in [4.78, 5) is 30.4. The molecule has 1 aromatic heterocycles. The Hall–Kier alpha value is -1.95. The van der Waals surface area contributed by atoms with Crippen LogP contribution in [0.3, 0.4) is 0 Å². The van der Waals surface area contributed by atoms with Crippen LogP contribution in [0.25, 0.3) is 0 Å². The van der Waals surface area contributed by atoms with Crippen LogP contribution in [0.5, 0.6) is 0 Å². The molecule has 0 aliphatic carbocycles. The molecule has 1 aliphatic rings. The maximum atomic E-state index is 12.5. The number of nitrogens with one attached hydrogen (secondary N) is 1. The largest absolute Gasteiger partial charge is 0.378 e. The first-order valence-corrected chi connectivity index (χ1v) is 7.17. The van der Waals surface area contributed by atoms with E-state index >= 15 is 0 Å². The monoisotopic (exact) mass is 291 g/mol. The summed E-state index contributed by atoms with van der Waals surface area (Å²) in [6, 6.07) is 2.85. The third kappa shape index (κ3) is 4.01. The van der Waals surface area contributed by atoms with Crippen molar-refractivity contribution in [2.75, 3.05) is 26.3 Å². The zero-order valence-corrected chi connectivity index (χ0v) is 12.4. The van der Waals surface area contributed by atoms with Crippen LogP contribution < -0.4 is 5.32 Å². The van der Waals surface area contributed by atoms with Crippen molar-refractivity contribution in [3.05, 3.63) is 30.1 Å². The van der Waals surface area contributed by atoms with Gasteiger partial charge in [-0.25, -0.2) is 0 Å². The molecular formula is C15H21N3O3. The third-order valence-electron chi connectivity index (χ3n) is 3.47. The molecule has 0 radical (unpaired) electrons. The lowest BCUT2D eigenvalue weighted by molar-refractivity contribution is -0.138. The smallest absolute Gasteiger partial charge is 0.253 e. The van der Waals surface area contributed by atoms with Gasteiger partial charge in [-0.15, -0.1) is 0 Å². The van der Waals surface area contributed by atoms with Crippen LogP contribution in [0.4, 0.5) is 0 Å². The maximum Gasteiger partial charge on any atom is 0.253 e. The number of carbonyl (C=O) groups is 2. The van der Waals surface area contributed by atoms with Crippen LogP contribution in [0.2, 0.25) is 0 Å². The Labute approximate surface area is 124 Å². The molecule has 0 spiro atoms. The Morgan fingerprint density at radius 3 is 2.62 bits per heavy atom. The van der Waals surface area contributed by atoms with E-state index in [9.17, 15) is 9.59 Å². The minimum absolute atomic E-state index is 0.0148. The molecule has 1 aromatic rings. The highest BCUT2D eigenvalue weighted by atomic mass is 16.5. The average molecular weight is 291 g/mol. The van der Waals surface area contributed by atoms with Gasteiger partial charge in [-0.1, -0.05) is 13.8 Å². The topological polar surface area (TPSA) is 71.5 Å². The van der Waals surface area contributed by atoms with Gasteiger partial charge < -0.3 is 15.0 Å². The molecule has 2 rings (SSSR count). The Kier molecular flexibility index (Phi) is 5.27. The Balaban J connectivity index is 2.05. The fourth-order valence-electron chi connectivity index (χ4n) is 2.22. The Bertz CT molecular complexity index is 484. The van der Waals surface area contributed by atoms with E-state index in [1.165, 1.54) is 6.20 Å². The lowest BCUT2D eigenvalue weighted by Gasteiger charge is -2.32. The van der Waals surface area contributed by atoms with Crippen molar-refractivity contribution < 1.29 is 14.3 Å². The van der Waals surface area contributed by atoms with Gasteiger partial charge in [0.1, 0.15) is 6.04 Å². The molecule has 0 saturated carbocycles. The summed E-state index contributed by atoms with van der Waals surface area (Å²) in [5, 5.41) is 2.82. The fraction of sp³-hybridized carbons (Fsp3) is 0.533. The minimum Gasteiger partial charge on any atom is -0.378 e. The number of morpholine rings is 1. The first kappa shape index (κ1) is 15.4. The SMILES string of the molecule is CC(C)[C@H](NC(=O)c1cccnc1)C(=O)N1CCOCC1. The number of pyridine rings is 1. The van der Waals surface area contributed by atoms with Crippen LogP contribution in [0.15, 0.2) is 24.5 Å². The van der Waals surface area contributed by atoms with Crippen molar-refractivity contribution in [1.82, 2.24) is 15.2 Å². The summed E-state index contributed by atoms with van der Waals surface area (Å²) in [6.07, 6.45) is 3.10. The Morgan fingerprint density at radius 2 is 2.05 bits per heavy atom. The van der Waals surface area contributed by atoms with Crippen molar-refractivity contribution in [2.45, 2.75) is 19.9 Å². The molecule has 1 N–H and O–H groups in total. The van der Waals surface area contributed by atoms with Crippen molar-refractivity contribution >= 4 is 11.8 Å². The minimum atomic E-state index is -0.532. The predicted octanol–water partition coefficient (Wildman–Crippen LogP) is 0.695. The van der Waals surface area contributed by atoms with E-state index in [1.54, 1.807) is 23.2 Å². The predicted molar refractivity (Wildman–Crippen MR) is 77.7 cm³/mol. The van der Waals surface area contributed by atoms with Gasteiger partial charge in [0.2, 0.25) is 5.91 Å². The molecule has 1 atom stereocenters. The molecular weight excluding hydrogens is 270 g/mol. The summed E-state index contributed by atoms with van der Waals surface area (Å²) in [6.45, 7) is 6.09. The maximum absolute atomic E-state index is 12.5. The summed E-state index contributed by atoms with van der Waals surface area (Å²) in [5.41, 5.74) is 0.456. The van der Waals surface area contributed by atoms with Gasteiger partial charge in [0, 0.05) is 25.5 Å². The second kappa shape index (κ2) is 7.17. The number of amides is 2. The molecule has 1 fully saturated rings. The standard InChI is InChI=1S/C15H21N3O3/c1-11(2)13(15(20)18-6-8-21-9-7-18)17-14(19)12-4-3-5-16-10-12/h3-5,10-11,13H,6-9H2,1-2H3,(H,17,19)/t13-/m0/s1. The molecule has 2 amide bonds. The molecule has 6 heteroatoms. The number of hydrogen-bond acceptors (Lipinski definition) is 4. The van der Waals surface area contributed by atoms with Gasteiger partial charge in [-0.3, -0.25) is 14.6 Å². The van der Waals surface area contributed by atoms with E-state index in [0.29, 0.717) is 31.9 Å². The van der Waals surface area contributed by atoms with Crippen LogP contribution in [0.1, 0.15) is 24.2 Å². The quantitative estimate of drug-likeness (QED) is 0.886. The highest BCUT2D eigenvalue weighted by Crippen LogP contribution is 2.09. The first-order chi connectivity index (χ1) is 10.1. The van der Waals surface area contributed by atoms with E-state index < -0.39 is 6.04 Å². The van der Waals surface area contributed by atoms with E-state index in [0.717, 1.165) is 0 Å². The van der Waals surface area contributed by atoms with E-state index in [-0.39, 0.29) is 17.7 Å². The van der Waals surface area contributed by atoms with Crippen molar-refractivity contribution in [2.24, 2.45) is 5.92 Å². The molecule has 6 nitrogen and oxygen atoms in total. The number of carbonyl (C=O) groups excluding carboxylic acids is 2. The normalized spacial score (nSPS) is 16.6. The molecule has 21 heavy (non-hydrogen) atoms. The number of nitrogens with zero attached hydrogens (tertiary/aromatic N) is 2. The highest BCUT2D eigenvalue weighted by molar-refractivity contribution is 5.97. The highest BCUT2D eigenvalue weighted by Gasteiger charge is 2.29. The molecule has 0 aromatic carbocycles. The van der Waals surface area contributed by atoms with Crippen LogP contribution in [-0.4, -0.2) is 54.0 Å². The third-order valence-corrected chi connectivity index (χ3v) is 3.47. The summed E-state index contributed by atoms with van der Waals surface area (Å²) < 4.78 is 5.25. The molecule has 1 aliphatic heterocycles. The van der Waals surface area contributed by atoms with Gasteiger partial charge >= 0.3 is 0 Å². The molecule has 114 valence electrons. The van der Waals surface area contributed by atoms with Gasteiger partial charge in [-0.05, 0) is 18.1 Å². The Morgan fingerprint density at radius 1 is 1.33 bits per heavy atom. The number of rotatable bonds is 4. The zero-order valence-electron chi connectivity index (χ0n) is 12.4. The summed E-state index contributed by atoms with van der Waals surface area (Å²) in [5.74, 6) is -0.310. The summed E-state index contributed by atoms with van der Waals surface area (Å²) in [7, 11) is 0. The molecule has 1 saturated heterocycles. The summed E-state index contributed by atoms with van der Waals surface area (Å²) >= 11 is 0. The van der Waals surface area contributed by atoms with Gasteiger partial charge in [0.25, 0.3) is 5.91 Å². The van der Waals surface area contributed by atoms with E-state index in [1.807, 2.05) is 13.8 Å². The van der Waals surface area contributed by atoms with Gasteiger partial charge in [0.05, 0.1) is 18.8 Å². The lowest BCUT2D eigenvalue weighted by Crippen LogP contribution is -2.53. The van der Waals surface area contributed by atoms with Crippen molar-refractivity contribution in [1.29, 1.82) is 0 Å². The lowest BCUT2D eigenvalue weighted by atomic mass is 10.0. The molecule has 0 bridgehead atoms. The van der Waals surface area contributed by atoms with E-state index in [2.05, 4.69) is 10.3 Å². The number of ether oxygens (including phenoxy) is 1. The van der Waals surface area contributed by atoms with E-state index in [4.69, 9.17) is 4.74 Å². The van der Waals surface area contributed by atoms with Crippen LogP contribution >= 0.6 is 0 Å². The zero-order chi connectivity index (χ0) is 15.2. The van der Waals surface area contributed by atoms with Crippen LogP contribution in [0, 0.1) is 5.92 Å². The molecule has 0 unspecified atom stereocenters. The first-order valence-electron chi connectivity index (χ1n) is 7.17. The second-order valence-electron chi connectivity index (χ2n) is 5.37. The average Bonchev–Trinajstić information content (AvgIpc) is 2.53.